The number of carbonyl (C=O) groups excluding carboxylic acids is 1. The third-order valence-corrected chi connectivity index (χ3v) is 6.31. The first kappa shape index (κ1) is 24.2. The molecule has 0 radical (unpaired) electrons. The van der Waals surface area contributed by atoms with Crippen molar-refractivity contribution in [3.05, 3.63) is 80.1 Å². The van der Waals surface area contributed by atoms with E-state index in [0.717, 1.165) is 12.0 Å². The fourth-order valence-corrected chi connectivity index (χ4v) is 4.65. The molecule has 10 heteroatoms. The number of aromatic nitrogens is 3. The second kappa shape index (κ2) is 10.6. The Hall–Kier alpha value is -3.90. The number of amides is 1. The Morgan fingerprint density at radius 2 is 2.11 bits per heavy atom. The third kappa shape index (κ3) is 5.44. The van der Waals surface area contributed by atoms with Crippen molar-refractivity contribution < 1.29 is 4.79 Å². The normalized spacial score (nSPS) is 15.3. The molecule has 2 aromatic heterocycles. The lowest BCUT2D eigenvalue weighted by Gasteiger charge is -2.14. The minimum absolute atomic E-state index is 0.201. The van der Waals surface area contributed by atoms with E-state index in [1.54, 1.807) is 25.2 Å². The van der Waals surface area contributed by atoms with Crippen molar-refractivity contribution in [2.75, 3.05) is 18.1 Å². The lowest BCUT2D eigenvalue weighted by atomic mass is 10.1. The zero-order chi connectivity index (χ0) is 24.9. The van der Waals surface area contributed by atoms with E-state index in [-0.39, 0.29) is 11.5 Å². The monoisotopic (exact) mass is 491 g/mol. The summed E-state index contributed by atoms with van der Waals surface area (Å²) in [5, 5.41) is 15.1. The van der Waals surface area contributed by atoms with Crippen LogP contribution >= 0.6 is 11.6 Å². The predicted molar refractivity (Wildman–Crippen MR) is 134 cm³/mol. The maximum absolute atomic E-state index is 12.7. The second-order valence-electron chi connectivity index (χ2n) is 8.44. The maximum atomic E-state index is 12.7. The Balaban J connectivity index is 0.000000239. The van der Waals surface area contributed by atoms with Crippen LogP contribution in [0.15, 0.2) is 41.3 Å². The number of rotatable bonds is 4. The molecule has 1 atom stereocenters. The molecule has 9 nitrogen and oxygen atoms in total. The summed E-state index contributed by atoms with van der Waals surface area (Å²) < 4.78 is 1.44. The minimum atomic E-state index is -0.530. The quantitative estimate of drug-likeness (QED) is 0.510. The van der Waals surface area contributed by atoms with Crippen molar-refractivity contribution in [2.24, 2.45) is 0 Å². The Morgan fingerprint density at radius 3 is 2.89 bits per heavy atom. The van der Waals surface area contributed by atoms with Gasteiger partial charge in [-0.15, -0.1) is 0 Å². The molecule has 1 aliphatic carbocycles. The van der Waals surface area contributed by atoms with E-state index in [4.69, 9.17) is 22.6 Å². The van der Waals surface area contributed by atoms with Gasteiger partial charge in [0.1, 0.15) is 23.4 Å². The SMILES string of the molecule is CNC(=O)C1CCc2ncc(NCc3cc(Cl)cc(C#N)c3)c(=O)n21.Nc1ccc2c(n1)CCC2. The maximum Gasteiger partial charge on any atom is 0.277 e. The minimum Gasteiger partial charge on any atom is -0.384 e. The van der Waals surface area contributed by atoms with Crippen LogP contribution in [0.3, 0.4) is 0 Å². The summed E-state index contributed by atoms with van der Waals surface area (Å²) in [7, 11) is 1.55. The number of fused-ring (bicyclic) bond motifs is 2. The summed E-state index contributed by atoms with van der Waals surface area (Å²) in [4.78, 5) is 33.2. The van der Waals surface area contributed by atoms with Crippen molar-refractivity contribution in [1.82, 2.24) is 19.9 Å². The molecule has 0 saturated heterocycles. The number of nitrogens with one attached hydrogen (secondary N) is 2. The van der Waals surface area contributed by atoms with Crippen LogP contribution in [0.4, 0.5) is 11.5 Å². The number of aryl methyl sites for hydroxylation is 3. The van der Waals surface area contributed by atoms with Gasteiger partial charge >= 0.3 is 0 Å². The fourth-order valence-electron chi connectivity index (χ4n) is 4.39. The van der Waals surface area contributed by atoms with Gasteiger partial charge in [0.25, 0.3) is 5.56 Å². The first-order valence-electron chi connectivity index (χ1n) is 11.4. The van der Waals surface area contributed by atoms with Gasteiger partial charge in [-0.3, -0.25) is 14.2 Å². The van der Waals surface area contributed by atoms with Crippen LogP contribution < -0.4 is 21.9 Å². The summed E-state index contributed by atoms with van der Waals surface area (Å²) in [6, 6.07) is 10.5. The number of hydrogen-bond acceptors (Lipinski definition) is 7. The first-order valence-corrected chi connectivity index (χ1v) is 11.8. The summed E-state index contributed by atoms with van der Waals surface area (Å²) in [6.07, 6.45) is 6.17. The van der Waals surface area contributed by atoms with Crippen molar-refractivity contribution >= 4 is 29.0 Å². The van der Waals surface area contributed by atoms with E-state index >= 15 is 0 Å². The number of anilines is 2. The number of nitriles is 1. The highest BCUT2D eigenvalue weighted by Crippen LogP contribution is 2.23. The molecule has 0 bridgehead atoms. The zero-order valence-corrected chi connectivity index (χ0v) is 20.1. The van der Waals surface area contributed by atoms with Crippen molar-refractivity contribution in [2.45, 2.75) is 44.7 Å². The molecule has 5 rings (SSSR count). The number of halogens is 1. The topological polar surface area (TPSA) is 139 Å². The lowest BCUT2D eigenvalue weighted by molar-refractivity contribution is -0.123. The van der Waals surface area contributed by atoms with Crippen molar-refractivity contribution in [3.63, 3.8) is 0 Å². The highest BCUT2D eigenvalue weighted by molar-refractivity contribution is 6.30. The molecule has 180 valence electrons. The van der Waals surface area contributed by atoms with E-state index in [9.17, 15) is 9.59 Å². The molecular weight excluding hydrogens is 466 g/mol. The average Bonchev–Trinajstić information content (AvgIpc) is 3.50. The summed E-state index contributed by atoms with van der Waals surface area (Å²) in [5.74, 6) is 1.06. The van der Waals surface area contributed by atoms with Crippen LogP contribution in [0.2, 0.25) is 5.02 Å². The number of carbonyl (C=O) groups is 1. The van der Waals surface area contributed by atoms with Crippen molar-refractivity contribution in [1.29, 1.82) is 5.26 Å². The Morgan fingerprint density at radius 1 is 1.29 bits per heavy atom. The highest BCUT2D eigenvalue weighted by Gasteiger charge is 2.30. The molecule has 4 N–H and O–H groups in total. The first-order chi connectivity index (χ1) is 16.9. The summed E-state index contributed by atoms with van der Waals surface area (Å²) in [6.45, 7) is 0.316. The van der Waals surface area contributed by atoms with Crippen LogP contribution in [-0.2, 0) is 30.6 Å². The van der Waals surface area contributed by atoms with Gasteiger partial charge in [0.2, 0.25) is 5.91 Å². The number of benzene rings is 1. The highest BCUT2D eigenvalue weighted by atomic mass is 35.5. The van der Waals surface area contributed by atoms with Gasteiger partial charge < -0.3 is 16.4 Å². The van der Waals surface area contributed by atoms with E-state index < -0.39 is 6.04 Å². The van der Waals surface area contributed by atoms with Crippen LogP contribution in [0.1, 0.15) is 47.1 Å². The molecule has 1 aliphatic heterocycles. The molecule has 3 aromatic rings. The average molecular weight is 492 g/mol. The molecule has 0 fully saturated rings. The molecule has 1 unspecified atom stereocenters. The Bertz CT molecular complexity index is 1360. The molecular formula is C25H26ClN7O2. The Kier molecular flexibility index (Phi) is 7.32. The van der Waals surface area contributed by atoms with Gasteiger partial charge in [0.15, 0.2) is 0 Å². The molecule has 3 heterocycles. The van der Waals surface area contributed by atoms with Crippen LogP contribution in [0.25, 0.3) is 0 Å². The van der Waals surface area contributed by atoms with Crippen LogP contribution in [0, 0.1) is 11.3 Å². The number of nitrogens with two attached hydrogens (primary N) is 1. The van der Waals surface area contributed by atoms with Gasteiger partial charge in [-0.2, -0.15) is 5.26 Å². The summed E-state index contributed by atoms with van der Waals surface area (Å²) in [5.41, 5.74) is 9.36. The smallest absolute Gasteiger partial charge is 0.277 e. The second-order valence-corrected chi connectivity index (χ2v) is 8.88. The summed E-state index contributed by atoms with van der Waals surface area (Å²) >= 11 is 5.99. The van der Waals surface area contributed by atoms with E-state index in [1.807, 2.05) is 12.1 Å². The number of likely N-dealkylation sites (N-methyl/N-ethyl adjacent to an activating group) is 1. The number of nitrogens with zero attached hydrogens (tertiary/aromatic N) is 4. The van der Waals surface area contributed by atoms with Crippen LogP contribution in [0.5, 0.6) is 0 Å². The zero-order valence-electron chi connectivity index (χ0n) is 19.3. The lowest BCUT2D eigenvalue weighted by Crippen LogP contribution is -2.35. The van der Waals surface area contributed by atoms with Gasteiger partial charge in [0, 0.05) is 30.7 Å². The fraction of sp³-hybridized carbons (Fsp3) is 0.320. The van der Waals surface area contributed by atoms with Crippen LogP contribution in [-0.4, -0.2) is 27.5 Å². The Labute approximate surface area is 208 Å². The van der Waals surface area contributed by atoms with E-state index in [1.165, 1.54) is 34.9 Å². The molecule has 1 aromatic carbocycles. The predicted octanol–water partition coefficient (Wildman–Crippen LogP) is 2.77. The van der Waals surface area contributed by atoms with Crippen molar-refractivity contribution in [3.8, 4) is 6.07 Å². The number of hydrogen-bond donors (Lipinski definition) is 3. The molecule has 2 aliphatic rings. The number of pyridine rings is 1. The molecule has 1 amide bonds. The van der Waals surface area contributed by atoms with Gasteiger partial charge in [-0.05, 0) is 61.1 Å². The van der Waals surface area contributed by atoms with Gasteiger partial charge in [0.05, 0.1) is 17.8 Å². The standard InChI is InChI=1S/C17H16ClN5O2.C8H10N2/c1-20-16(24)14-2-3-15-22-9-13(17(25)23(14)15)21-8-11-4-10(7-19)5-12(18)6-11;9-8-5-4-6-2-1-3-7(6)10-8/h4-6,9,14,21H,2-3,8H2,1H3,(H,20,24);4-5H,1-3H2,(H2,9,10). The third-order valence-electron chi connectivity index (χ3n) is 6.09. The van der Waals surface area contributed by atoms with E-state index in [0.29, 0.717) is 47.3 Å². The molecule has 0 saturated carbocycles. The number of nitrogen functional groups attached to an aromatic ring is 1. The van der Waals surface area contributed by atoms with Gasteiger partial charge in [-0.1, -0.05) is 17.7 Å². The molecule has 35 heavy (non-hydrogen) atoms. The molecule has 0 spiro atoms. The van der Waals surface area contributed by atoms with E-state index in [2.05, 4.69) is 26.7 Å². The largest absolute Gasteiger partial charge is 0.384 e. The van der Waals surface area contributed by atoms with Gasteiger partial charge in [-0.25, -0.2) is 9.97 Å².